The van der Waals surface area contributed by atoms with Crippen LogP contribution < -0.4 is 0 Å². The van der Waals surface area contributed by atoms with Crippen LogP contribution in [0.15, 0.2) is 0 Å². The number of hydrogen-bond donors (Lipinski definition) is 0. The van der Waals surface area contributed by atoms with Crippen LogP contribution in [0, 0.1) is 0 Å². The maximum atomic E-state index is 2.49. The minimum absolute atomic E-state index is 0.459. The third kappa shape index (κ3) is 5.23. The molecule has 0 unspecified atom stereocenters. The van der Waals surface area contributed by atoms with Crippen molar-refractivity contribution in [3.8, 4) is 0 Å². The number of hydrogen-bond acceptors (Lipinski definition) is 0. The van der Waals surface area contributed by atoms with Gasteiger partial charge in [-0.05, 0) is 12.8 Å². The molecule has 0 aromatic carbocycles. The number of rotatable bonds is 5. The molecule has 0 saturated carbocycles. The fraction of sp³-hybridized carbons (Fsp3) is 1.00. The summed E-state index contributed by atoms with van der Waals surface area (Å²) in [5.41, 5.74) is 0. The van der Waals surface area contributed by atoms with E-state index in [1.807, 2.05) is 0 Å². The quantitative estimate of drug-likeness (QED) is 0.541. The normalized spacial score (nSPS) is 12.0. The summed E-state index contributed by atoms with van der Waals surface area (Å²) in [6, 6.07) is 0. The Kier molecular flexibility index (Phi) is 5.35. The lowest BCUT2D eigenvalue weighted by Gasteiger charge is -2.16. The van der Waals surface area contributed by atoms with Gasteiger partial charge < -0.3 is 0 Å². The molecule has 0 saturated heterocycles. The van der Waals surface area contributed by atoms with Crippen molar-refractivity contribution in [2.24, 2.45) is 0 Å². The molecule has 0 aromatic heterocycles. The summed E-state index contributed by atoms with van der Waals surface area (Å²) >= 11 is 0. The van der Waals surface area contributed by atoms with Gasteiger partial charge in [0.25, 0.3) is 0 Å². The molecule has 0 amide bonds. The second-order valence-corrected chi connectivity index (χ2v) is 8.50. The average Bonchev–Trinajstić information content (AvgIpc) is 1.84. The van der Waals surface area contributed by atoms with E-state index >= 15 is 0 Å². The Morgan fingerprint density at radius 2 is 1.50 bits per heavy atom. The van der Waals surface area contributed by atoms with Crippen LogP contribution in [0.3, 0.4) is 0 Å². The van der Waals surface area contributed by atoms with E-state index in [9.17, 15) is 0 Å². The lowest BCUT2D eigenvalue weighted by molar-refractivity contribution is 0.884. The molecule has 0 N–H and O–H groups in total. The summed E-state index contributed by atoms with van der Waals surface area (Å²) < 4.78 is 0. The summed E-state index contributed by atoms with van der Waals surface area (Å²) in [5.74, 6) is 0. The molecule has 62 valence electrons. The third-order valence-electron chi connectivity index (χ3n) is 1.95. The Bertz CT molecular complexity index is 76.8. The van der Waals surface area contributed by atoms with Gasteiger partial charge in [0.15, 0.2) is 0 Å². The van der Waals surface area contributed by atoms with Crippen LogP contribution in [0.1, 0.15) is 33.1 Å². The highest BCUT2D eigenvalue weighted by molar-refractivity contribution is 7.74. The monoisotopic (exact) mass is 161 g/mol. The van der Waals surface area contributed by atoms with Gasteiger partial charge in [0.05, 0.1) is 12.3 Å². The maximum absolute atomic E-state index is 2.49. The largest absolute Gasteiger partial charge is 0.0652 e. The van der Waals surface area contributed by atoms with Crippen LogP contribution in [0.2, 0.25) is 0 Å². The predicted octanol–water partition coefficient (Wildman–Crippen LogP) is 3.47. The average molecular weight is 161 g/mol. The topological polar surface area (TPSA) is 0 Å². The highest BCUT2D eigenvalue weighted by atomic mass is 31.2. The Morgan fingerprint density at radius 1 is 0.900 bits per heavy atom. The van der Waals surface area contributed by atoms with Crippen LogP contribution in [0.25, 0.3) is 0 Å². The van der Waals surface area contributed by atoms with Gasteiger partial charge in [0, 0.05) is 20.6 Å². The van der Waals surface area contributed by atoms with Gasteiger partial charge in [-0.2, -0.15) is 0 Å². The van der Waals surface area contributed by atoms with Gasteiger partial charge in [-0.15, -0.1) is 0 Å². The van der Waals surface area contributed by atoms with Crippen molar-refractivity contribution in [2.75, 3.05) is 25.7 Å². The Hall–Kier alpha value is 0.430. The molecule has 0 rings (SSSR count). The van der Waals surface area contributed by atoms with Gasteiger partial charge in [-0.1, -0.05) is 20.3 Å². The van der Waals surface area contributed by atoms with Crippen molar-refractivity contribution in [3.63, 3.8) is 0 Å². The zero-order chi connectivity index (χ0) is 8.04. The fourth-order valence-corrected chi connectivity index (χ4v) is 3.91. The van der Waals surface area contributed by atoms with E-state index in [0.717, 1.165) is 0 Å². The van der Waals surface area contributed by atoms with Crippen LogP contribution in [0.5, 0.6) is 0 Å². The first-order chi connectivity index (χ1) is 4.62. The summed E-state index contributed by atoms with van der Waals surface area (Å²) in [7, 11) is -0.459. The molecule has 0 nitrogen and oxygen atoms in total. The van der Waals surface area contributed by atoms with E-state index in [4.69, 9.17) is 0 Å². The molecule has 10 heavy (non-hydrogen) atoms. The van der Waals surface area contributed by atoms with Crippen LogP contribution in [-0.4, -0.2) is 25.7 Å². The fourth-order valence-electron chi connectivity index (χ4n) is 1.30. The molecule has 0 aromatic rings. The zero-order valence-corrected chi connectivity index (χ0v) is 8.88. The van der Waals surface area contributed by atoms with Gasteiger partial charge in [-0.3, -0.25) is 0 Å². The summed E-state index contributed by atoms with van der Waals surface area (Å²) in [5, 5.41) is 0. The zero-order valence-electron chi connectivity index (χ0n) is 7.98. The van der Waals surface area contributed by atoms with E-state index in [2.05, 4.69) is 27.2 Å². The van der Waals surface area contributed by atoms with Crippen LogP contribution in [0.4, 0.5) is 0 Å². The highest BCUT2D eigenvalue weighted by Gasteiger charge is 2.21. The molecule has 0 atom stereocenters. The molecule has 0 bridgehead atoms. The molecule has 0 fully saturated rings. The molecule has 0 aliphatic heterocycles. The van der Waals surface area contributed by atoms with Gasteiger partial charge in [0.2, 0.25) is 0 Å². The summed E-state index contributed by atoms with van der Waals surface area (Å²) in [6.45, 7) is 9.57. The third-order valence-corrected chi connectivity index (χ3v) is 5.13. The van der Waals surface area contributed by atoms with Crippen molar-refractivity contribution in [1.29, 1.82) is 0 Å². The SMILES string of the molecule is CCCC[P+](C)(C)CCC. The van der Waals surface area contributed by atoms with E-state index < -0.39 is 7.26 Å². The van der Waals surface area contributed by atoms with Crippen molar-refractivity contribution in [2.45, 2.75) is 33.1 Å². The van der Waals surface area contributed by atoms with Crippen molar-refractivity contribution in [1.82, 2.24) is 0 Å². The van der Waals surface area contributed by atoms with Crippen molar-refractivity contribution >= 4 is 7.26 Å². The lowest BCUT2D eigenvalue weighted by atomic mass is 10.4. The highest BCUT2D eigenvalue weighted by Crippen LogP contribution is 2.51. The molecule has 0 radical (unpaired) electrons. The first-order valence-corrected chi connectivity index (χ1v) is 7.49. The first kappa shape index (κ1) is 10.4. The lowest BCUT2D eigenvalue weighted by Crippen LogP contribution is -1.99. The van der Waals surface area contributed by atoms with Gasteiger partial charge in [0.1, 0.15) is 0 Å². The van der Waals surface area contributed by atoms with Crippen LogP contribution >= 0.6 is 7.26 Å². The van der Waals surface area contributed by atoms with E-state index in [1.54, 1.807) is 0 Å². The first-order valence-electron chi connectivity index (χ1n) is 4.44. The molecular formula is C9H22P+. The summed E-state index contributed by atoms with van der Waals surface area (Å²) in [6.07, 6.45) is 7.20. The van der Waals surface area contributed by atoms with E-state index in [0.29, 0.717) is 0 Å². The Balaban J connectivity index is 3.42. The van der Waals surface area contributed by atoms with Gasteiger partial charge in [-0.25, -0.2) is 0 Å². The van der Waals surface area contributed by atoms with Crippen molar-refractivity contribution < 1.29 is 0 Å². The van der Waals surface area contributed by atoms with Gasteiger partial charge >= 0.3 is 0 Å². The summed E-state index contributed by atoms with van der Waals surface area (Å²) in [4.78, 5) is 0. The molecule has 1 heteroatoms. The minimum atomic E-state index is -0.459. The molecular weight excluding hydrogens is 139 g/mol. The molecule has 0 aliphatic rings. The van der Waals surface area contributed by atoms with E-state index in [-0.39, 0.29) is 0 Å². The maximum Gasteiger partial charge on any atom is 0.0588 e. The Labute approximate surface area is 66.7 Å². The standard InChI is InChI=1S/C9H22P/c1-5-7-9-10(3,4)8-6-2/h5-9H2,1-4H3/q+1. The predicted molar refractivity (Wildman–Crippen MR) is 53.7 cm³/mol. The minimum Gasteiger partial charge on any atom is -0.0652 e. The second-order valence-electron chi connectivity index (χ2n) is 3.74. The van der Waals surface area contributed by atoms with Crippen molar-refractivity contribution in [3.05, 3.63) is 0 Å². The Morgan fingerprint density at radius 3 is 1.90 bits per heavy atom. The molecule has 0 spiro atoms. The number of unbranched alkanes of at least 4 members (excludes halogenated alkanes) is 1. The van der Waals surface area contributed by atoms with Crippen LogP contribution in [-0.2, 0) is 0 Å². The molecule has 0 aliphatic carbocycles. The van der Waals surface area contributed by atoms with E-state index in [1.165, 1.54) is 31.6 Å². The smallest absolute Gasteiger partial charge is 0.0588 e. The molecule has 0 heterocycles. The second kappa shape index (κ2) is 5.13.